The number of amides is 2. The van der Waals surface area contributed by atoms with Crippen LogP contribution in [-0.4, -0.2) is 23.3 Å². The molecule has 5 heteroatoms. The van der Waals surface area contributed by atoms with E-state index in [4.69, 9.17) is 11.6 Å². The number of carbonyl (C=O) groups is 2. The minimum absolute atomic E-state index is 0.0126. The topological polar surface area (TPSA) is 49.4 Å². The van der Waals surface area contributed by atoms with E-state index in [1.807, 2.05) is 53.4 Å². The van der Waals surface area contributed by atoms with Gasteiger partial charge in [-0.1, -0.05) is 35.9 Å². The maximum Gasteiger partial charge on any atom is 0.251 e. The van der Waals surface area contributed by atoms with Crippen LogP contribution in [0.2, 0.25) is 5.02 Å². The van der Waals surface area contributed by atoms with Crippen LogP contribution in [0.5, 0.6) is 0 Å². The Bertz CT molecular complexity index is 846. The van der Waals surface area contributed by atoms with E-state index < -0.39 is 0 Å². The number of nitrogens with zero attached hydrogens (tertiary/aromatic N) is 1. The molecule has 1 unspecified atom stereocenters. The zero-order valence-electron chi connectivity index (χ0n) is 15.2. The molecule has 1 saturated carbocycles. The second kappa shape index (κ2) is 7.73. The third-order valence-corrected chi connectivity index (χ3v) is 5.60. The van der Waals surface area contributed by atoms with Crippen LogP contribution in [0.15, 0.2) is 48.5 Å². The smallest absolute Gasteiger partial charge is 0.251 e. The Morgan fingerprint density at radius 2 is 1.96 bits per heavy atom. The van der Waals surface area contributed by atoms with Crippen LogP contribution in [0.25, 0.3) is 0 Å². The number of likely N-dealkylation sites (tertiary alicyclic amines) is 1. The summed E-state index contributed by atoms with van der Waals surface area (Å²) in [6.45, 7) is 1.37. The molecule has 2 fully saturated rings. The highest BCUT2D eigenvalue weighted by Crippen LogP contribution is 2.41. The number of halogens is 1. The Morgan fingerprint density at radius 3 is 2.63 bits per heavy atom. The number of hydrogen-bond donors (Lipinski definition) is 1. The van der Waals surface area contributed by atoms with Gasteiger partial charge in [-0.25, -0.2) is 0 Å². The average Bonchev–Trinajstić information content (AvgIpc) is 3.44. The highest BCUT2D eigenvalue weighted by molar-refractivity contribution is 6.30. The molecule has 2 aromatic carbocycles. The quantitative estimate of drug-likeness (QED) is 0.807. The third kappa shape index (κ3) is 4.33. The molecule has 0 aromatic heterocycles. The van der Waals surface area contributed by atoms with Gasteiger partial charge < -0.3 is 10.2 Å². The van der Waals surface area contributed by atoms with E-state index in [1.165, 1.54) is 0 Å². The van der Waals surface area contributed by atoms with E-state index in [2.05, 4.69) is 5.32 Å². The first-order chi connectivity index (χ1) is 13.1. The van der Waals surface area contributed by atoms with E-state index in [0.29, 0.717) is 29.5 Å². The van der Waals surface area contributed by atoms with Crippen molar-refractivity contribution in [1.82, 2.24) is 10.2 Å². The van der Waals surface area contributed by atoms with Crippen molar-refractivity contribution < 1.29 is 9.59 Å². The summed E-state index contributed by atoms with van der Waals surface area (Å²) in [7, 11) is 0. The summed E-state index contributed by atoms with van der Waals surface area (Å²) in [5.41, 5.74) is 2.72. The lowest BCUT2D eigenvalue weighted by Gasteiger charge is -2.20. The van der Waals surface area contributed by atoms with Crippen LogP contribution < -0.4 is 5.32 Å². The summed E-state index contributed by atoms with van der Waals surface area (Å²) >= 11 is 6.00. The van der Waals surface area contributed by atoms with E-state index >= 15 is 0 Å². The minimum atomic E-state index is -0.0727. The average molecular weight is 383 g/mol. The van der Waals surface area contributed by atoms with Crippen molar-refractivity contribution in [3.8, 4) is 0 Å². The van der Waals surface area contributed by atoms with Gasteiger partial charge in [0.25, 0.3) is 5.91 Å². The molecule has 2 amide bonds. The number of nitrogens with one attached hydrogen (secondary N) is 1. The van der Waals surface area contributed by atoms with Crippen molar-refractivity contribution in [2.75, 3.05) is 6.54 Å². The van der Waals surface area contributed by atoms with Gasteiger partial charge in [-0.2, -0.15) is 0 Å². The summed E-state index contributed by atoms with van der Waals surface area (Å²) in [6, 6.07) is 15.3. The van der Waals surface area contributed by atoms with Crippen LogP contribution in [-0.2, 0) is 11.3 Å². The van der Waals surface area contributed by atoms with Crippen molar-refractivity contribution in [3.05, 3.63) is 70.2 Å². The molecule has 4 rings (SSSR count). The second-order valence-electron chi connectivity index (χ2n) is 7.46. The molecule has 1 saturated heterocycles. The highest BCUT2D eigenvalue weighted by Gasteiger charge is 2.33. The summed E-state index contributed by atoms with van der Waals surface area (Å²) in [5.74, 6) is 0.610. The van der Waals surface area contributed by atoms with Gasteiger partial charge in [0.15, 0.2) is 0 Å². The molecule has 0 bridgehead atoms. The van der Waals surface area contributed by atoms with Gasteiger partial charge in [0.2, 0.25) is 5.91 Å². The molecular weight excluding hydrogens is 360 g/mol. The van der Waals surface area contributed by atoms with Gasteiger partial charge in [0.05, 0.1) is 6.04 Å². The van der Waals surface area contributed by atoms with E-state index in [-0.39, 0.29) is 17.9 Å². The first-order valence-corrected chi connectivity index (χ1v) is 9.91. The van der Waals surface area contributed by atoms with E-state index in [1.54, 1.807) is 0 Å². The van der Waals surface area contributed by atoms with Crippen LogP contribution in [0.4, 0.5) is 0 Å². The molecule has 4 nitrogen and oxygen atoms in total. The van der Waals surface area contributed by atoms with Crippen LogP contribution in [0.3, 0.4) is 0 Å². The number of benzene rings is 2. The Morgan fingerprint density at radius 1 is 1.19 bits per heavy atom. The lowest BCUT2D eigenvalue weighted by Crippen LogP contribution is -2.30. The predicted octanol–water partition coefficient (Wildman–Crippen LogP) is 4.34. The molecule has 2 aromatic rings. The molecule has 140 valence electrons. The SMILES string of the molecule is O=C(NC(c1ccc(Cl)cc1)C1CC1)c1cccc(CN2CCCC2=O)c1. The molecule has 2 aliphatic rings. The molecule has 1 atom stereocenters. The maximum atomic E-state index is 12.9. The molecule has 1 heterocycles. The molecule has 0 radical (unpaired) electrons. The van der Waals surface area contributed by atoms with Crippen molar-refractivity contribution in [1.29, 1.82) is 0 Å². The fourth-order valence-corrected chi connectivity index (χ4v) is 3.83. The lowest BCUT2D eigenvalue weighted by molar-refractivity contribution is -0.128. The van der Waals surface area contributed by atoms with Crippen LogP contribution >= 0.6 is 11.6 Å². The third-order valence-electron chi connectivity index (χ3n) is 5.34. The predicted molar refractivity (Wildman–Crippen MR) is 105 cm³/mol. The van der Waals surface area contributed by atoms with Gasteiger partial charge in [-0.15, -0.1) is 0 Å². The van der Waals surface area contributed by atoms with E-state index in [9.17, 15) is 9.59 Å². The number of rotatable bonds is 6. The molecule has 1 aliphatic heterocycles. The Kier molecular flexibility index (Phi) is 5.17. The molecule has 27 heavy (non-hydrogen) atoms. The van der Waals surface area contributed by atoms with Crippen LogP contribution in [0, 0.1) is 5.92 Å². The zero-order valence-corrected chi connectivity index (χ0v) is 15.9. The van der Waals surface area contributed by atoms with Gasteiger partial charge in [0, 0.05) is 30.1 Å². The minimum Gasteiger partial charge on any atom is -0.345 e. The van der Waals surface area contributed by atoms with E-state index in [0.717, 1.165) is 36.9 Å². The Hall–Kier alpha value is -2.33. The monoisotopic (exact) mass is 382 g/mol. The van der Waals surface area contributed by atoms with Crippen molar-refractivity contribution >= 4 is 23.4 Å². The second-order valence-corrected chi connectivity index (χ2v) is 7.90. The number of hydrogen-bond acceptors (Lipinski definition) is 2. The van der Waals surface area contributed by atoms with Crippen molar-refractivity contribution in [2.24, 2.45) is 5.92 Å². The highest BCUT2D eigenvalue weighted by atomic mass is 35.5. The fraction of sp³-hybridized carbons (Fsp3) is 0.364. The van der Waals surface area contributed by atoms with Gasteiger partial charge in [-0.05, 0) is 60.6 Å². The van der Waals surface area contributed by atoms with Crippen molar-refractivity contribution in [2.45, 2.75) is 38.3 Å². The summed E-state index contributed by atoms with van der Waals surface area (Å²) in [4.78, 5) is 26.6. The standard InChI is InChI=1S/C22H23ClN2O2/c23-19-10-8-17(9-11-19)21(16-6-7-16)24-22(27)18-4-1-3-15(13-18)14-25-12-2-5-20(25)26/h1,3-4,8-11,13,16,21H,2,5-7,12,14H2,(H,24,27). The molecular formula is C22H23ClN2O2. The largest absolute Gasteiger partial charge is 0.345 e. The molecule has 1 aliphatic carbocycles. The zero-order chi connectivity index (χ0) is 18.8. The Labute approximate surface area is 164 Å². The van der Waals surface area contributed by atoms with Gasteiger partial charge >= 0.3 is 0 Å². The number of carbonyl (C=O) groups excluding carboxylic acids is 2. The fourth-order valence-electron chi connectivity index (χ4n) is 3.70. The summed E-state index contributed by atoms with van der Waals surface area (Å²) < 4.78 is 0. The normalized spacial score (nSPS) is 17.8. The molecule has 1 N–H and O–H groups in total. The van der Waals surface area contributed by atoms with Crippen molar-refractivity contribution in [3.63, 3.8) is 0 Å². The first kappa shape index (κ1) is 18.1. The van der Waals surface area contributed by atoms with Crippen LogP contribution in [0.1, 0.15) is 53.2 Å². The molecule has 0 spiro atoms. The Balaban J connectivity index is 1.47. The lowest BCUT2D eigenvalue weighted by atomic mass is 10.0. The maximum absolute atomic E-state index is 12.9. The first-order valence-electron chi connectivity index (χ1n) is 9.53. The van der Waals surface area contributed by atoms with Gasteiger partial charge in [-0.3, -0.25) is 9.59 Å². The van der Waals surface area contributed by atoms with Gasteiger partial charge in [0.1, 0.15) is 0 Å². The summed E-state index contributed by atoms with van der Waals surface area (Å²) in [5, 5.41) is 3.90. The summed E-state index contributed by atoms with van der Waals surface area (Å²) in [6.07, 6.45) is 3.81.